The number of hydrogen-bond acceptors (Lipinski definition) is 2. The van der Waals surface area contributed by atoms with E-state index < -0.39 is 10.8 Å². The summed E-state index contributed by atoms with van der Waals surface area (Å²) >= 11 is 0. The van der Waals surface area contributed by atoms with Gasteiger partial charge in [-0.2, -0.15) is 0 Å². The van der Waals surface area contributed by atoms with Gasteiger partial charge in [0.15, 0.2) is 0 Å². The van der Waals surface area contributed by atoms with Crippen LogP contribution in [-0.2, 0) is 10.8 Å². The Morgan fingerprint density at radius 1 is 0.189 bits per heavy atom. The summed E-state index contributed by atoms with van der Waals surface area (Å²) in [5.41, 5.74) is 34.0. The summed E-state index contributed by atoms with van der Waals surface area (Å²) in [5.74, 6) is 0.619. The van der Waals surface area contributed by atoms with Crippen LogP contribution in [0.3, 0.4) is 0 Å². The molecule has 5 aromatic heterocycles. The highest BCUT2D eigenvalue weighted by Gasteiger charge is 2.48. The lowest BCUT2D eigenvalue weighted by Gasteiger charge is -2.34. The summed E-state index contributed by atoms with van der Waals surface area (Å²) in [6.07, 6.45) is 0. The average molecular weight is 1550 g/mol. The van der Waals surface area contributed by atoms with Crippen molar-refractivity contribution < 1.29 is 0 Å². The van der Waals surface area contributed by atoms with Crippen LogP contribution in [0.4, 0.5) is 0 Å². The quantitative estimate of drug-likeness (QED) is 0.121. The molecule has 0 aliphatic heterocycles. The van der Waals surface area contributed by atoms with Crippen molar-refractivity contribution in [2.75, 3.05) is 0 Å². The van der Waals surface area contributed by atoms with Gasteiger partial charge in [-0.25, -0.2) is 9.97 Å². The molecule has 0 spiro atoms. The third-order valence-electron chi connectivity index (χ3n) is 26.9. The normalized spacial score (nSPS) is 13.2. The van der Waals surface area contributed by atoms with Gasteiger partial charge in [0, 0.05) is 71.1 Å². The van der Waals surface area contributed by atoms with Crippen molar-refractivity contribution in [3.63, 3.8) is 0 Å². The van der Waals surface area contributed by atoms with Gasteiger partial charge >= 0.3 is 0 Å². The van der Waals surface area contributed by atoms with Gasteiger partial charge in [0.2, 0.25) is 5.95 Å². The van der Waals surface area contributed by atoms with Crippen molar-refractivity contribution >= 4 is 109 Å². The van der Waals surface area contributed by atoms with E-state index in [1.807, 2.05) is 0 Å². The van der Waals surface area contributed by atoms with Crippen LogP contribution in [0.2, 0.25) is 0 Å². The summed E-state index contributed by atoms with van der Waals surface area (Å²) in [6, 6.07) is 162. The van der Waals surface area contributed by atoms with Crippen LogP contribution in [0, 0.1) is 0 Å². The Hall–Kier alpha value is -16.0. The van der Waals surface area contributed by atoms with Crippen LogP contribution in [0.15, 0.2) is 437 Å². The first-order valence-corrected chi connectivity index (χ1v) is 42.2. The fourth-order valence-corrected chi connectivity index (χ4v) is 21.8. The summed E-state index contributed by atoms with van der Waals surface area (Å²) in [7, 11) is 0. The lowest BCUT2D eigenvalue weighted by molar-refractivity contribution is 0.767. The van der Waals surface area contributed by atoms with E-state index in [1.165, 1.54) is 116 Å². The Morgan fingerprint density at radius 2 is 0.508 bits per heavy atom. The number of aromatic nitrogens is 6. The molecule has 0 unspecified atom stereocenters. The number of nitrogens with zero attached hydrogens (tertiary/aromatic N) is 6. The van der Waals surface area contributed by atoms with Crippen LogP contribution in [0.1, 0.15) is 44.5 Å². The van der Waals surface area contributed by atoms with Crippen molar-refractivity contribution in [3.8, 4) is 78.8 Å². The molecule has 0 amide bonds. The summed E-state index contributed by atoms with van der Waals surface area (Å²) < 4.78 is 9.66. The molecule has 2 aliphatic rings. The molecule has 2 aliphatic carbocycles. The van der Waals surface area contributed by atoms with E-state index in [-0.39, 0.29) is 0 Å². The Kier molecular flexibility index (Phi) is 14.6. The summed E-state index contributed by atoms with van der Waals surface area (Å²) in [6.45, 7) is 0. The molecule has 0 fully saturated rings. The van der Waals surface area contributed by atoms with Crippen molar-refractivity contribution in [2.24, 2.45) is 0 Å². The molecule has 0 bridgehead atoms. The Morgan fingerprint density at radius 3 is 0.918 bits per heavy atom. The lowest BCUT2D eigenvalue weighted by Crippen LogP contribution is -2.28. The first kappa shape index (κ1) is 68.1. The number of rotatable bonds is 11. The number of benzene rings is 19. The third kappa shape index (κ3) is 9.65. The highest BCUT2D eigenvalue weighted by atomic mass is 15.2. The molecule has 0 saturated carbocycles. The molecule has 0 N–H and O–H groups in total. The zero-order valence-corrected chi connectivity index (χ0v) is 66.3. The minimum atomic E-state index is -0.520. The molecular formula is C116H72N6. The number of fused-ring (bicyclic) bond motifs is 21. The molecule has 6 nitrogen and oxygen atoms in total. The van der Waals surface area contributed by atoms with E-state index in [1.54, 1.807) is 0 Å². The fourth-order valence-electron chi connectivity index (χ4n) is 21.8. The SMILES string of the molecule is c1ccc(-c2nc(-n3c4ccccc4c4cc(-c5ccc6c(c5)c5ccccc5n6-c5ccc6c(c5)C(c5ccccc5)(c5ccccc5)c5ccccc5-6)ccc43)nc3ccc4cc(-n5c6ccccc6c6cc(-c7ccc8c(c7)c7ccccc7n8-c7ccc8c(c7)C(c7ccccc7)(c7ccccc7)c7ccccc7-8)ccc65)ccc4c23)cc1. The van der Waals surface area contributed by atoms with Gasteiger partial charge < -0.3 is 13.7 Å². The second-order valence-electron chi connectivity index (χ2n) is 33.0. The van der Waals surface area contributed by atoms with E-state index >= 15 is 0 Å². The molecule has 0 atom stereocenters. The zero-order chi connectivity index (χ0) is 79.9. The van der Waals surface area contributed by atoms with Gasteiger partial charge in [0.25, 0.3) is 0 Å². The molecule has 566 valence electrons. The van der Waals surface area contributed by atoms with E-state index in [0.717, 1.165) is 111 Å². The number of para-hydroxylation sites is 4. The monoisotopic (exact) mass is 1550 g/mol. The minimum absolute atomic E-state index is 0.514. The topological polar surface area (TPSA) is 45.5 Å². The van der Waals surface area contributed by atoms with Crippen LogP contribution in [0.25, 0.3) is 188 Å². The molecule has 0 saturated heterocycles. The van der Waals surface area contributed by atoms with Crippen molar-refractivity contribution in [2.45, 2.75) is 10.8 Å². The molecule has 24 aromatic rings. The van der Waals surface area contributed by atoms with Crippen molar-refractivity contribution in [1.82, 2.24) is 28.2 Å². The summed E-state index contributed by atoms with van der Waals surface area (Å²) in [4.78, 5) is 11.3. The maximum atomic E-state index is 5.72. The molecule has 5 heterocycles. The fraction of sp³-hybridized carbons (Fsp3) is 0.0172. The maximum Gasteiger partial charge on any atom is 0.235 e. The predicted molar refractivity (Wildman–Crippen MR) is 505 cm³/mol. The molecule has 19 aromatic carbocycles. The van der Waals surface area contributed by atoms with Gasteiger partial charge in [0.05, 0.1) is 66.2 Å². The molecule has 6 heteroatoms. The van der Waals surface area contributed by atoms with Crippen LogP contribution >= 0.6 is 0 Å². The van der Waals surface area contributed by atoms with Crippen molar-refractivity contribution in [3.05, 3.63) is 481 Å². The highest BCUT2D eigenvalue weighted by Crippen LogP contribution is 2.59. The lowest BCUT2D eigenvalue weighted by atomic mass is 9.67. The van der Waals surface area contributed by atoms with Gasteiger partial charge in [-0.3, -0.25) is 4.57 Å². The molecule has 26 rings (SSSR count). The van der Waals surface area contributed by atoms with Gasteiger partial charge in [-0.15, -0.1) is 0 Å². The predicted octanol–water partition coefficient (Wildman–Crippen LogP) is 28.9. The first-order valence-electron chi connectivity index (χ1n) is 42.2. The summed E-state index contributed by atoms with van der Waals surface area (Å²) in [5, 5.41) is 12.7. The van der Waals surface area contributed by atoms with Gasteiger partial charge in [0.1, 0.15) is 0 Å². The van der Waals surface area contributed by atoms with E-state index in [9.17, 15) is 0 Å². The standard InChI is InChI=1S/C116H72N6/c1-6-28-73(29-7-1)113-112-86-58-55-83(119-104-46-24-18-40-91(104)95-67-74(51-62-108(95)119)75-52-63-109-96(68-75)92-41-19-25-47-105(92)120(109)84-56-59-89-87-38-16-22-44-99(87)115(101(89)71-84,79-30-8-2-9-31-79)80-32-10-3-11-33-80)66-78(86)50-61-103(112)117-114(118-113)122-107-49-27-21-43-94(107)98-70-77(54-65-111(98)122)76-53-64-110-97(69-76)93-42-20-26-48-106(93)121(110)85-57-60-90-88-39-17-23-45-100(88)116(102(90)72-85,81-34-12-4-13-35-81)82-36-14-5-15-37-82/h1-72H. The molecular weight excluding hydrogens is 1480 g/mol. The zero-order valence-electron chi connectivity index (χ0n) is 66.3. The molecule has 122 heavy (non-hydrogen) atoms. The molecule has 0 radical (unpaired) electrons. The smallest absolute Gasteiger partial charge is 0.235 e. The van der Waals surface area contributed by atoms with E-state index in [2.05, 4.69) is 455 Å². The average Bonchev–Trinajstić information content (AvgIpc) is 1.54. The van der Waals surface area contributed by atoms with Crippen LogP contribution < -0.4 is 0 Å². The second-order valence-corrected chi connectivity index (χ2v) is 33.0. The van der Waals surface area contributed by atoms with Crippen LogP contribution in [0.5, 0.6) is 0 Å². The van der Waals surface area contributed by atoms with Crippen molar-refractivity contribution in [1.29, 1.82) is 0 Å². The first-order chi connectivity index (χ1) is 60.5. The van der Waals surface area contributed by atoms with E-state index in [4.69, 9.17) is 9.97 Å². The third-order valence-corrected chi connectivity index (χ3v) is 26.9. The van der Waals surface area contributed by atoms with E-state index in [0.29, 0.717) is 5.95 Å². The Labute approximate surface area is 703 Å². The Bertz CT molecular complexity index is 8420. The number of hydrogen-bond donors (Lipinski definition) is 0. The minimum Gasteiger partial charge on any atom is -0.309 e. The second kappa shape index (κ2) is 26.2. The van der Waals surface area contributed by atoms with Crippen LogP contribution in [-0.4, -0.2) is 28.2 Å². The van der Waals surface area contributed by atoms with Gasteiger partial charge in [-0.1, -0.05) is 322 Å². The highest BCUT2D eigenvalue weighted by molar-refractivity contribution is 6.17. The Balaban J connectivity index is 0.559. The van der Waals surface area contributed by atoms with Gasteiger partial charge in [-0.05, 0) is 215 Å². The maximum absolute atomic E-state index is 5.72. The largest absolute Gasteiger partial charge is 0.309 e.